The van der Waals surface area contributed by atoms with Gasteiger partial charge in [-0.05, 0) is 52.6 Å². The van der Waals surface area contributed by atoms with Gasteiger partial charge in [0, 0.05) is 12.6 Å². The van der Waals surface area contributed by atoms with Gasteiger partial charge in [0.1, 0.15) is 0 Å². The summed E-state index contributed by atoms with van der Waals surface area (Å²) >= 11 is 0. The van der Waals surface area contributed by atoms with E-state index in [1.54, 1.807) is 0 Å². The molecule has 0 aliphatic carbocycles. The maximum absolute atomic E-state index is 8.92. The minimum Gasteiger partial charge on any atom is -0.328 e. The number of rotatable bonds is 4. The fraction of sp³-hybridized carbons (Fsp3) is 0.917. The molecule has 0 amide bonds. The van der Waals surface area contributed by atoms with E-state index >= 15 is 0 Å². The average Bonchev–Trinajstić information content (AvgIpc) is 2.63. The first-order valence-corrected chi connectivity index (χ1v) is 5.84. The van der Waals surface area contributed by atoms with Crippen molar-refractivity contribution in [1.29, 1.82) is 5.26 Å². The highest BCUT2D eigenvalue weighted by molar-refractivity contribution is 4.92. The van der Waals surface area contributed by atoms with Crippen LogP contribution in [-0.2, 0) is 0 Å². The molecule has 0 aromatic heterocycles. The first kappa shape index (κ1) is 12.5. The largest absolute Gasteiger partial charge is 0.328 e. The maximum Gasteiger partial charge on any atom is 0.0684 e. The summed E-state index contributed by atoms with van der Waals surface area (Å²) in [6.45, 7) is 9.39. The highest BCUT2D eigenvalue weighted by Crippen LogP contribution is 2.23. The van der Waals surface area contributed by atoms with Crippen molar-refractivity contribution in [1.82, 2.24) is 4.90 Å². The number of hydrogen-bond acceptors (Lipinski definition) is 3. The van der Waals surface area contributed by atoms with E-state index in [0.29, 0.717) is 12.0 Å². The summed E-state index contributed by atoms with van der Waals surface area (Å²) in [5.74, 6) is 0.648. The summed E-state index contributed by atoms with van der Waals surface area (Å²) in [4.78, 5) is 2.44. The summed E-state index contributed by atoms with van der Waals surface area (Å²) in [5, 5.41) is 8.92. The van der Waals surface area contributed by atoms with Crippen molar-refractivity contribution in [2.75, 3.05) is 19.6 Å². The van der Waals surface area contributed by atoms with Crippen LogP contribution in [0.3, 0.4) is 0 Å². The Morgan fingerprint density at radius 1 is 1.60 bits per heavy atom. The van der Waals surface area contributed by atoms with Gasteiger partial charge in [0.05, 0.1) is 11.5 Å². The van der Waals surface area contributed by atoms with Crippen LogP contribution in [0.15, 0.2) is 0 Å². The lowest BCUT2D eigenvalue weighted by molar-refractivity contribution is 0.275. The van der Waals surface area contributed by atoms with E-state index in [1.165, 1.54) is 6.42 Å². The molecule has 0 aromatic carbocycles. The molecule has 1 rings (SSSR count). The number of nitrogens with zero attached hydrogens (tertiary/aromatic N) is 2. The molecule has 0 saturated carbocycles. The summed E-state index contributed by atoms with van der Waals surface area (Å²) in [5.41, 5.74) is 5.70. The predicted octanol–water partition coefficient (Wildman–Crippen LogP) is 1.60. The average molecular weight is 209 g/mol. The molecular weight excluding hydrogens is 186 g/mol. The zero-order chi connectivity index (χ0) is 11.5. The maximum atomic E-state index is 8.92. The second kappa shape index (κ2) is 4.96. The first-order valence-electron chi connectivity index (χ1n) is 5.84. The van der Waals surface area contributed by atoms with Gasteiger partial charge in [-0.2, -0.15) is 5.26 Å². The third-order valence-corrected chi connectivity index (χ3v) is 3.41. The molecule has 0 spiro atoms. The van der Waals surface area contributed by atoms with Gasteiger partial charge in [-0.3, -0.25) is 0 Å². The number of nitriles is 1. The van der Waals surface area contributed by atoms with Crippen LogP contribution < -0.4 is 5.73 Å². The molecule has 3 nitrogen and oxygen atoms in total. The molecule has 15 heavy (non-hydrogen) atoms. The monoisotopic (exact) mass is 209 g/mol. The molecule has 1 heterocycles. The first-order chi connectivity index (χ1) is 6.94. The van der Waals surface area contributed by atoms with Crippen molar-refractivity contribution in [2.24, 2.45) is 17.1 Å². The van der Waals surface area contributed by atoms with Crippen molar-refractivity contribution < 1.29 is 0 Å². The molecule has 2 N–H and O–H groups in total. The minimum absolute atomic E-state index is 0.188. The van der Waals surface area contributed by atoms with Crippen LogP contribution in [0.5, 0.6) is 0 Å². The Labute approximate surface area is 93.2 Å². The fourth-order valence-corrected chi connectivity index (χ4v) is 1.99. The van der Waals surface area contributed by atoms with Crippen molar-refractivity contribution in [3.63, 3.8) is 0 Å². The van der Waals surface area contributed by atoms with Crippen LogP contribution in [0.25, 0.3) is 0 Å². The van der Waals surface area contributed by atoms with Crippen molar-refractivity contribution >= 4 is 0 Å². The van der Waals surface area contributed by atoms with E-state index in [4.69, 9.17) is 11.0 Å². The second-order valence-electron chi connectivity index (χ2n) is 5.45. The molecular formula is C12H23N3. The summed E-state index contributed by atoms with van der Waals surface area (Å²) in [6.07, 6.45) is 2.17. The van der Waals surface area contributed by atoms with E-state index in [2.05, 4.69) is 17.9 Å². The molecule has 1 fully saturated rings. The summed E-state index contributed by atoms with van der Waals surface area (Å²) < 4.78 is 0. The van der Waals surface area contributed by atoms with Crippen LogP contribution in [0.1, 0.15) is 33.6 Å². The molecule has 3 heteroatoms. The fourth-order valence-electron chi connectivity index (χ4n) is 1.99. The standard InChI is InChI=1S/C12H23N3/c1-10(14)11-4-6-15(8-11)7-5-12(2,3)9-13/h10-11H,4-8,14H2,1-3H3. The van der Waals surface area contributed by atoms with Gasteiger partial charge in [-0.25, -0.2) is 0 Å². The Kier molecular flexibility index (Phi) is 4.12. The van der Waals surface area contributed by atoms with E-state index in [-0.39, 0.29) is 5.41 Å². The van der Waals surface area contributed by atoms with Crippen LogP contribution in [0.2, 0.25) is 0 Å². The van der Waals surface area contributed by atoms with Crippen LogP contribution in [0.4, 0.5) is 0 Å². The van der Waals surface area contributed by atoms with E-state index < -0.39 is 0 Å². The van der Waals surface area contributed by atoms with Gasteiger partial charge >= 0.3 is 0 Å². The van der Waals surface area contributed by atoms with Crippen LogP contribution >= 0.6 is 0 Å². The normalized spacial score (nSPS) is 25.1. The Morgan fingerprint density at radius 3 is 2.73 bits per heavy atom. The van der Waals surface area contributed by atoms with Crippen molar-refractivity contribution in [2.45, 2.75) is 39.7 Å². The van der Waals surface area contributed by atoms with Gasteiger partial charge in [0.25, 0.3) is 0 Å². The number of nitrogens with two attached hydrogens (primary N) is 1. The van der Waals surface area contributed by atoms with Gasteiger partial charge in [-0.15, -0.1) is 0 Å². The van der Waals surface area contributed by atoms with Gasteiger partial charge in [0.15, 0.2) is 0 Å². The van der Waals surface area contributed by atoms with Crippen molar-refractivity contribution in [3.8, 4) is 6.07 Å². The van der Waals surface area contributed by atoms with Gasteiger partial charge in [-0.1, -0.05) is 0 Å². The molecule has 0 aromatic rings. The van der Waals surface area contributed by atoms with E-state index in [0.717, 1.165) is 26.1 Å². The van der Waals surface area contributed by atoms with E-state index in [1.807, 2.05) is 13.8 Å². The smallest absolute Gasteiger partial charge is 0.0684 e. The van der Waals surface area contributed by atoms with Crippen molar-refractivity contribution in [3.05, 3.63) is 0 Å². The zero-order valence-electron chi connectivity index (χ0n) is 10.2. The molecule has 2 atom stereocenters. The van der Waals surface area contributed by atoms with Crippen LogP contribution in [0, 0.1) is 22.7 Å². The zero-order valence-corrected chi connectivity index (χ0v) is 10.2. The lowest BCUT2D eigenvalue weighted by atomic mass is 9.91. The summed E-state index contributed by atoms with van der Waals surface area (Å²) in [6, 6.07) is 2.65. The Morgan fingerprint density at radius 2 is 2.27 bits per heavy atom. The molecule has 1 saturated heterocycles. The molecule has 0 radical (unpaired) electrons. The van der Waals surface area contributed by atoms with Gasteiger partial charge < -0.3 is 10.6 Å². The van der Waals surface area contributed by atoms with Gasteiger partial charge in [0.2, 0.25) is 0 Å². The Balaban J connectivity index is 2.29. The second-order valence-corrected chi connectivity index (χ2v) is 5.45. The van der Waals surface area contributed by atoms with E-state index in [9.17, 15) is 0 Å². The highest BCUT2D eigenvalue weighted by atomic mass is 15.1. The Hall–Kier alpha value is -0.590. The topological polar surface area (TPSA) is 53.0 Å². The third kappa shape index (κ3) is 3.81. The lowest BCUT2D eigenvalue weighted by Gasteiger charge is -2.21. The number of likely N-dealkylation sites (tertiary alicyclic amines) is 1. The predicted molar refractivity (Wildman–Crippen MR) is 62.2 cm³/mol. The molecule has 0 bridgehead atoms. The highest BCUT2D eigenvalue weighted by Gasteiger charge is 2.26. The molecule has 1 aliphatic rings. The SMILES string of the molecule is CC(N)C1CCN(CCC(C)(C)C#N)C1. The molecule has 2 unspecified atom stereocenters. The molecule has 1 aliphatic heterocycles. The Bertz CT molecular complexity index is 240. The number of hydrogen-bond donors (Lipinski definition) is 1. The summed E-state index contributed by atoms with van der Waals surface area (Å²) in [7, 11) is 0. The van der Waals surface area contributed by atoms with Crippen LogP contribution in [-0.4, -0.2) is 30.6 Å². The minimum atomic E-state index is -0.188. The third-order valence-electron chi connectivity index (χ3n) is 3.41. The quantitative estimate of drug-likeness (QED) is 0.765. The molecule has 86 valence electrons. The lowest BCUT2D eigenvalue weighted by Crippen LogP contribution is -2.31.